The molecule has 0 unspecified atom stereocenters. The Hall–Kier alpha value is -2.07. The third-order valence-corrected chi connectivity index (χ3v) is 4.75. The SMILES string of the molecule is CCCCCC/C=C\c1nc(N)c2ncn([C@@H]3O[C@H](CO)[C@@H](O)[C@H]3O)c2n1. The highest BCUT2D eigenvalue weighted by Gasteiger charge is 2.44. The normalized spacial score (nSPS) is 25.8. The second-order valence-corrected chi connectivity index (χ2v) is 6.77. The van der Waals surface area contributed by atoms with Gasteiger partial charge in [-0.05, 0) is 18.9 Å². The summed E-state index contributed by atoms with van der Waals surface area (Å²) in [6.45, 7) is 1.78. The number of hydrogen-bond donors (Lipinski definition) is 4. The Balaban J connectivity index is 1.82. The van der Waals surface area contributed by atoms with E-state index in [0.29, 0.717) is 17.0 Å². The lowest BCUT2D eigenvalue weighted by molar-refractivity contribution is -0.0511. The summed E-state index contributed by atoms with van der Waals surface area (Å²) in [5, 5.41) is 29.5. The van der Waals surface area contributed by atoms with Gasteiger partial charge in [0, 0.05) is 0 Å². The van der Waals surface area contributed by atoms with Gasteiger partial charge in [-0.3, -0.25) is 4.57 Å². The zero-order valence-electron chi connectivity index (χ0n) is 15.4. The summed E-state index contributed by atoms with van der Waals surface area (Å²) < 4.78 is 7.07. The van der Waals surface area contributed by atoms with Gasteiger partial charge in [-0.1, -0.05) is 32.3 Å². The maximum Gasteiger partial charge on any atom is 0.168 e. The summed E-state index contributed by atoms with van der Waals surface area (Å²) >= 11 is 0. The van der Waals surface area contributed by atoms with Crippen LogP contribution in [0.2, 0.25) is 0 Å². The number of unbranched alkanes of at least 4 members (excludes halogenated alkanes) is 4. The Morgan fingerprint density at radius 1 is 1.22 bits per heavy atom. The summed E-state index contributed by atoms with van der Waals surface area (Å²) in [6, 6.07) is 0. The molecule has 4 atom stereocenters. The number of ether oxygens (including phenoxy) is 1. The standard InChI is InChI=1S/C18H27N5O4/c1-2-3-4-5-6-7-8-12-21-16(19)13-17(22-12)23(10-20-13)18-15(26)14(25)11(9-24)27-18/h7-8,10-11,14-15,18,24-26H,2-6,9H2,1H3,(H2,19,21,22)/b8-7-/t11-,14-,15-,18-/m1/s1. The number of rotatable bonds is 8. The number of nitrogens with two attached hydrogens (primary N) is 1. The Labute approximate surface area is 157 Å². The van der Waals surface area contributed by atoms with Crippen LogP contribution in [-0.4, -0.2) is 59.8 Å². The lowest BCUT2D eigenvalue weighted by Gasteiger charge is -2.16. The second-order valence-electron chi connectivity index (χ2n) is 6.77. The molecular formula is C18H27N5O4. The van der Waals surface area contributed by atoms with E-state index in [1.807, 2.05) is 12.2 Å². The predicted molar refractivity (Wildman–Crippen MR) is 101 cm³/mol. The van der Waals surface area contributed by atoms with Crippen LogP contribution >= 0.6 is 0 Å². The first-order chi connectivity index (χ1) is 13.1. The second kappa shape index (κ2) is 8.75. The van der Waals surface area contributed by atoms with Crippen molar-refractivity contribution in [3.8, 4) is 0 Å². The van der Waals surface area contributed by atoms with E-state index in [1.165, 1.54) is 30.2 Å². The number of aliphatic hydroxyl groups is 3. The maximum absolute atomic E-state index is 10.2. The molecule has 0 amide bonds. The van der Waals surface area contributed by atoms with Gasteiger partial charge in [-0.25, -0.2) is 15.0 Å². The third kappa shape index (κ3) is 4.11. The van der Waals surface area contributed by atoms with Gasteiger partial charge < -0.3 is 25.8 Å². The van der Waals surface area contributed by atoms with E-state index in [1.54, 1.807) is 0 Å². The van der Waals surface area contributed by atoms with Crippen LogP contribution in [0.4, 0.5) is 5.82 Å². The molecule has 3 heterocycles. The first kappa shape index (κ1) is 19.7. The van der Waals surface area contributed by atoms with Crippen LogP contribution in [0.3, 0.4) is 0 Å². The van der Waals surface area contributed by atoms with Crippen LogP contribution in [0.25, 0.3) is 17.2 Å². The lowest BCUT2D eigenvalue weighted by Crippen LogP contribution is -2.33. The summed E-state index contributed by atoms with van der Waals surface area (Å²) in [7, 11) is 0. The maximum atomic E-state index is 10.2. The van der Waals surface area contributed by atoms with E-state index in [4.69, 9.17) is 10.5 Å². The van der Waals surface area contributed by atoms with Crippen LogP contribution in [0.5, 0.6) is 0 Å². The number of nitrogens with zero attached hydrogens (tertiary/aromatic N) is 4. The van der Waals surface area contributed by atoms with Gasteiger partial charge in [0.15, 0.2) is 23.5 Å². The molecule has 0 bridgehead atoms. The molecule has 5 N–H and O–H groups in total. The van der Waals surface area contributed by atoms with Crippen molar-refractivity contribution in [3.05, 3.63) is 18.2 Å². The van der Waals surface area contributed by atoms with Crippen molar-refractivity contribution >= 4 is 23.1 Å². The van der Waals surface area contributed by atoms with E-state index in [9.17, 15) is 15.3 Å². The van der Waals surface area contributed by atoms with Crippen molar-refractivity contribution < 1.29 is 20.1 Å². The molecule has 9 heteroatoms. The van der Waals surface area contributed by atoms with Crippen LogP contribution in [-0.2, 0) is 4.74 Å². The van der Waals surface area contributed by atoms with E-state index >= 15 is 0 Å². The van der Waals surface area contributed by atoms with Crippen LogP contribution in [0, 0.1) is 0 Å². The topological polar surface area (TPSA) is 140 Å². The third-order valence-electron chi connectivity index (χ3n) is 4.75. The summed E-state index contributed by atoms with van der Waals surface area (Å²) in [6.07, 6.45) is 6.75. The minimum absolute atomic E-state index is 0.233. The Morgan fingerprint density at radius 2 is 2.04 bits per heavy atom. The Kier molecular flexibility index (Phi) is 6.38. The molecule has 1 fully saturated rings. The van der Waals surface area contributed by atoms with Gasteiger partial charge in [-0.15, -0.1) is 0 Å². The highest BCUT2D eigenvalue weighted by atomic mass is 16.6. The van der Waals surface area contributed by atoms with E-state index in [-0.39, 0.29) is 5.82 Å². The lowest BCUT2D eigenvalue weighted by atomic mass is 10.1. The van der Waals surface area contributed by atoms with Crippen molar-refractivity contribution in [1.82, 2.24) is 19.5 Å². The van der Waals surface area contributed by atoms with Crippen LogP contribution in [0.15, 0.2) is 12.4 Å². The Morgan fingerprint density at radius 3 is 2.74 bits per heavy atom. The summed E-state index contributed by atoms with van der Waals surface area (Å²) in [4.78, 5) is 12.9. The fourth-order valence-corrected chi connectivity index (χ4v) is 3.20. The summed E-state index contributed by atoms with van der Waals surface area (Å²) in [5.74, 6) is 0.681. The molecule has 2 aromatic rings. The minimum Gasteiger partial charge on any atom is -0.394 e. The van der Waals surface area contributed by atoms with Crippen molar-refractivity contribution in [2.45, 2.75) is 63.6 Å². The molecule has 0 aromatic carbocycles. The van der Waals surface area contributed by atoms with Gasteiger partial charge in [-0.2, -0.15) is 0 Å². The molecule has 0 aliphatic carbocycles. The zero-order chi connectivity index (χ0) is 19.4. The first-order valence-corrected chi connectivity index (χ1v) is 9.35. The minimum atomic E-state index is -1.21. The highest BCUT2D eigenvalue weighted by Crippen LogP contribution is 2.32. The average Bonchev–Trinajstić information content (AvgIpc) is 3.20. The van der Waals surface area contributed by atoms with Crippen molar-refractivity contribution in [2.24, 2.45) is 0 Å². The number of imidazole rings is 1. The van der Waals surface area contributed by atoms with Crippen LogP contribution in [0.1, 0.15) is 51.1 Å². The van der Waals surface area contributed by atoms with Gasteiger partial charge in [0.1, 0.15) is 23.8 Å². The number of hydrogen-bond acceptors (Lipinski definition) is 8. The van der Waals surface area contributed by atoms with Crippen molar-refractivity contribution in [3.63, 3.8) is 0 Å². The largest absolute Gasteiger partial charge is 0.394 e. The molecule has 2 aromatic heterocycles. The monoisotopic (exact) mass is 377 g/mol. The number of aromatic nitrogens is 4. The number of nitrogen functional groups attached to an aromatic ring is 1. The van der Waals surface area contributed by atoms with E-state index < -0.39 is 31.1 Å². The molecule has 27 heavy (non-hydrogen) atoms. The molecule has 3 rings (SSSR count). The molecule has 1 aliphatic rings. The number of allylic oxidation sites excluding steroid dienone is 1. The van der Waals surface area contributed by atoms with Gasteiger partial charge >= 0.3 is 0 Å². The molecule has 0 spiro atoms. The first-order valence-electron chi connectivity index (χ1n) is 9.35. The molecule has 148 valence electrons. The fourth-order valence-electron chi connectivity index (χ4n) is 3.20. The number of anilines is 1. The molecular weight excluding hydrogens is 350 g/mol. The molecule has 0 saturated carbocycles. The molecule has 1 saturated heterocycles. The van der Waals surface area contributed by atoms with Gasteiger partial charge in [0.05, 0.1) is 12.9 Å². The smallest absolute Gasteiger partial charge is 0.168 e. The summed E-state index contributed by atoms with van der Waals surface area (Å²) in [5.41, 5.74) is 6.80. The molecule has 1 aliphatic heterocycles. The van der Waals surface area contributed by atoms with Gasteiger partial charge in [0.25, 0.3) is 0 Å². The predicted octanol–water partition coefficient (Wildman–Crippen LogP) is 1.00. The highest BCUT2D eigenvalue weighted by molar-refractivity contribution is 5.82. The van der Waals surface area contributed by atoms with Crippen molar-refractivity contribution in [1.29, 1.82) is 0 Å². The van der Waals surface area contributed by atoms with E-state index in [2.05, 4.69) is 21.9 Å². The molecule has 9 nitrogen and oxygen atoms in total. The van der Waals surface area contributed by atoms with Crippen LogP contribution < -0.4 is 5.73 Å². The fraction of sp³-hybridized carbons (Fsp3) is 0.611. The Bertz CT molecular complexity index is 793. The average molecular weight is 377 g/mol. The van der Waals surface area contributed by atoms with Gasteiger partial charge in [0.2, 0.25) is 0 Å². The quantitative estimate of drug-likeness (QED) is 0.500. The molecule has 0 radical (unpaired) electrons. The number of aliphatic hydroxyl groups excluding tert-OH is 3. The van der Waals surface area contributed by atoms with E-state index in [0.717, 1.165) is 12.8 Å². The zero-order valence-corrected chi connectivity index (χ0v) is 15.4. The number of fused-ring (bicyclic) bond motifs is 1. The van der Waals surface area contributed by atoms with Crippen molar-refractivity contribution in [2.75, 3.05) is 12.3 Å².